The minimum absolute atomic E-state index is 0.0942. The minimum atomic E-state index is -0.400. The van der Waals surface area contributed by atoms with Gasteiger partial charge in [0.05, 0.1) is 33.0 Å². The summed E-state index contributed by atoms with van der Waals surface area (Å²) in [7, 11) is 1.61. The van der Waals surface area contributed by atoms with Crippen LogP contribution in [0.3, 0.4) is 0 Å². The molecule has 0 radical (unpaired) electrons. The molecule has 19 heavy (non-hydrogen) atoms. The molecule has 106 valence electrons. The lowest BCUT2D eigenvalue weighted by atomic mass is 10.1. The summed E-state index contributed by atoms with van der Waals surface area (Å²) in [5.41, 5.74) is 6.66. The maximum atomic E-state index is 9.11. The first-order chi connectivity index (χ1) is 9.24. The number of rotatable bonds is 5. The van der Waals surface area contributed by atoms with Gasteiger partial charge in [-0.05, 0) is 17.7 Å². The average Bonchev–Trinajstić information content (AvgIpc) is 2.47. The van der Waals surface area contributed by atoms with Crippen molar-refractivity contribution in [3.05, 3.63) is 23.8 Å². The number of methoxy groups -OCH3 is 1. The largest absolute Gasteiger partial charge is 0.493 e. The number of aliphatic hydroxyl groups excluding tert-OH is 1. The summed E-state index contributed by atoms with van der Waals surface area (Å²) in [6.07, 6.45) is 1.89. The number of benzene rings is 1. The van der Waals surface area contributed by atoms with Crippen LogP contribution in [0.5, 0.6) is 11.5 Å². The van der Waals surface area contributed by atoms with Crippen LogP contribution in [0.4, 0.5) is 0 Å². The Hall–Kier alpha value is -1.30. The Morgan fingerprint density at radius 3 is 2.74 bits per heavy atom. The van der Waals surface area contributed by atoms with Gasteiger partial charge in [0.1, 0.15) is 6.10 Å². The van der Waals surface area contributed by atoms with Crippen molar-refractivity contribution in [1.82, 2.24) is 0 Å². The van der Waals surface area contributed by atoms with Crippen LogP contribution in [-0.4, -0.2) is 38.1 Å². The van der Waals surface area contributed by atoms with Gasteiger partial charge < -0.3 is 25.1 Å². The van der Waals surface area contributed by atoms with Crippen molar-refractivity contribution in [1.29, 1.82) is 0 Å². The summed E-state index contributed by atoms with van der Waals surface area (Å²) >= 11 is 0. The van der Waals surface area contributed by atoms with E-state index >= 15 is 0 Å². The highest BCUT2D eigenvalue weighted by atomic mass is 16.5. The molecule has 5 heteroatoms. The second-order valence-corrected chi connectivity index (χ2v) is 4.63. The molecule has 0 spiro atoms. The van der Waals surface area contributed by atoms with E-state index in [0.717, 1.165) is 31.6 Å². The molecule has 1 aromatic rings. The minimum Gasteiger partial charge on any atom is -0.493 e. The molecule has 1 saturated heterocycles. The fourth-order valence-corrected chi connectivity index (χ4v) is 2.09. The van der Waals surface area contributed by atoms with Crippen LogP contribution in [0, 0.1) is 0 Å². The molecule has 1 unspecified atom stereocenters. The number of hydrogen-bond donors (Lipinski definition) is 2. The highest BCUT2D eigenvalue weighted by Gasteiger charge is 2.18. The van der Waals surface area contributed by atoms with Gasteiger partial charge in [-0.25, -0.2) is 0 Å². The molecule has 2 rings (SSSR count). The quantitative estimate of drug-likeness (QED) is 0.839. The van der Waals surface area contributed by atoms with E-state index in [-0.39, 0.29) is 12.7 Å². The first-order valence-corrected chi connectivity index (χ1v) is 6.53. The molecule has 0 aliphatic carbocycles. The molecule has 0 bridgehead atoms. The van der Waals surface area contributed by atoms with Gasteiger partial charge in [-0.3, -0.25) is 0 Å². The van der Waals surface area contributed by atoms with E-state index in [2.05, 4.69) is 0 Å². The maximum absolute atomic E-state index is 9.11. The molecule has 1 aliphatic rings. The summed E-state index contributed by atoms with van der Waals surface area (Å²) in [5.74, 6) is 1.36. The number of nitrogens with two attached hydrogens (primary N) is 1. The van der Waals surface area contributed by atoms with Crippen molar-refractivity contribution in [3.8, 4) is 11.5 Å². The third-order valence-electron chi connectivity index (χ3n) is 3.27. The average molecular weight is 267 g/mol. The summed E-state index contributed by atoms with van der Waals surface area (Å²) in [6, 6.07) is 5.11. The fourth-order valence-electron chi connectivity index (χ4n) is 2.09. The predicted octanol–water partition coefficient (Wildman–Crippen LogP) is 1.25. The van der Waals surface area contributed by atoms with Crippen molar-refractivity contribution < 1.29 is 19.3 Å². The van der Waals surface area contributed by atoms with Crippen LogP contribution < -0.4 is 15.2 Å². The monoisotopic (exact) mass is 267 g/mol. The number of hydrogen-bond acceptors (Lipinski definition) is 5. The number of aliphatic hydroxyl groups is 1. The molecule has 1 aromatic carbocycles. The second kappa shape index (κ2) is 6.75. The SMILES string of the molecule is COc1ccc(C(N)CO)cc1OC1CCOCC1. The summed E-state index contributed by atoms with van der Waals surface area (Å²) < 4.78 is 16.6. The van der Waals surface area contributed by atoms with Gasteiger partial charge in [-0.1, -0.05) is 6.07 Å². The molecule has 1 heterocycles. The predicted molar refractivity (Wildman–Crippen MR) is 71.5 cm³/mol. The lowest BCUT2D eigenvalue weighted by Gasteiger charge is -2.24. The lowest BCUT2D eigenvalue weighted by Crippen LogP contribution is -2.26. The Labute approximate surface area is 113 Å². The van der Waals surface area contributed by atoms with Crippen molar-refractivity contribution >= 4 is 0 Å². The van der Waals surface area contributed by atoms with Crippen LogP contribution in [0.1, 0.15) is 24.4 Å². The first-order valence-electron chi connectivity index (χ1n) is 6.53. The van der Waals surface area contributed by atoms with Gasteiger partial charge in [0.15, 0.2) is 11.5 Å². The van der Waals surface area contributed by atoms with Crippen molar-refractivity contribution in [2.75, 3.05) is 26.9 Å². The standard InChI is InChI=1S/C14H21NO4/c1-17-13-3-2-10(12(15)9-16)8-14(13)19-11-4-6-18-7-5-11/h2-3,8,11-12,16H,4-7,9,15H2,1H3. The molecular weight excluding hydrogens is 246 g/mol. The van der Waals surface area contributed by atoms with Gasteiger partial charge >= 0.3 is 0 Å². The highest BCUT2D eigenvalue weighted by molar-refractivity contribution is 5.44. The molecular formula is C14H21NO4. The van der Waals surface area contributed by atoms with E-state index in [1.165, 1.54) is 0 Å². The van der Waals surface area contributed by atoms with Crippen LogP contribution >= 0.6 is 0 Å². The Morgan fingerprint density at radius 1 is 1.37 bits per heavy atom. The Morgan fingerprint density at radius 2 is 2.11 bits per heavy atom. The van der Waals surface area contributed by atoms with Gasteiger partial charge in [-0.2, -0.15) is 0 Å². The van der Waals surface area contributed by atoms with Crippen molar-refractivity contribution in [2.45, 2.75) is 25.0 Å². The molecule has 3 N–H and O–H groups in total. The van der Waals surface area contributed by atoms with E-state index in [9.17, 15) is 0 Å². The van der Waals surface area contributed by atoms with E-state index in [1.54, 1.807) is 7.11 Å². The molecule has 1 fully saturated rings. The highest BCUT2D eigenvalue weighted by Crippen LogP contribution is 2.31. The van der Waals surface area contributed by atoms with Gasteiger partial charge in [0.25, 0.3) is 0 Å². The van der Waals surface area contributed by atoms with Crippen LogP contribution in [0.15, 0.2) is 18.2 Å². The lowest BCUT2D eigenvalue weighted by molar-refractivity contribution is 0.0245. The Balaban J connectivity index is 2.15. The summed E-state index contributed by atoms with van der Waals surface area (Å²) in [6.45, 7) is 1.36. The molecule has 1 atom stereocenters. The molecule has 0 aromatic heterocycles. The molecule has 0 saturated carbocycles. The van der Waals surface area contributed by atoms with Crippen LogP contribution in [0.2, 0.25) is 0 Å². The van der Waals surface area contributed by atoms with Crippen LogP contribution in [0.25, 0.3) is 0 Å². The topological polar surface area (TPSA) is 73.9 Å². The van der Waals surface area contributed by atoms with E-state index in [4.69, 9.17) is 25.1 Å². The van der Waals surface area contributed by atoms with E-state index < -0.39 is 6.04 Å². The van der Waals surface area contributed by atoms with E-state index in [0.29, 0.717) is 11.5 Å². The van der Waals surface area contributed by atoms with Gasteiger partial charge in [0, 0.05) is 12.8 Å². The third kappa shape index (κ3) is 3.59. The van der Waals surface area contributed by atoms with Crippen molar-refractivity contribution in [2.24, 2.45) is 5.73 Å². The fraction of sp³-hybridized carbons (Fsp3) is 0.571. The first kappa shape index (κ1) is 14.1. The Kier molecular flexibility index (Phi) is 5.01. The molecule has 5 nitrogen and oxygen atoms in total. The summed E-state index contributed by atoms with van der Waals surface area (Å²) in [4.78, 5) is 0. The van der Waals surface area contributed by atoms with Crippen molar-refractivity contribution in [3.63, 3.8) is 0 Å². The second-order valence-electron chi connectivity index (χ2n) is 4.63. The van der Waals surface area contributed by atoms with Gasteiger partial charge in [0.2, 0.25) is 0 Å². The zero-order valence-electron chi connectivity index (χ0n) is 11.2. The maximum Gasteiger partial charge on any atom is 0.161 e. The Bertz CT molecular complexity index is 404. The zero-order valence-corrected chi connectivity index (χ0v) is 11.2. The smallest absolute Gasteiger partial charge is 0.161 e. The van der Waals surface area contributed by atoms with Crippen LogP contribution in [-0.2, 0) is 4.74 Å². The molecule has 1 aliphatic heterocycles. The molecule has 0 amide bonds. The number of ether oxygens (including phenoxy) is 3. The van der Waals surface area contributed by atoms with Gasteiger partial charge in [-0.15, -0.1) is 0 Å². The zero-order chi connectivity index (χ0) is 13.7. The summed E-state index contributed by atoms with van der Waals surface area (Å²) in [5, 5.41) is 9.11. The third-order valence-corrected chi connectivity index (χ3v) is 3.27. The normalized spacial score (nSPS) is 18.1. The van der Waals surface area contributed by atoms with E-state index in [1.807, 2.05) is 18.2 Å².